The van der Waals surface area contributed by atoms with Crippen molar-refractivity contribution >= 4 is 24.8 Å². The Bertz CT molecular complexity index is 1400. The van der Waals surface area contributed by atoms with Crippen LogP contribution in [0.4, 0.5) is 13.2 Å². The molecule has 1 saturated heterocycles. The molecule has 12 heteroatoms. The zero-order valence-electron chi connectivity index (χ0n) is 23.8. The summed E-state index contributed by atoms with van der Waals surface area (Å²) < 4.78 is 46.9. The van der Waals surface area contributed by atoms with E-state index in [1.165, 1.54) is 17.2 Å². The molecule has 226 valence electrons. The van der Waals surface area contributed by atoms with Crippen molar-refractivity contribution in [1.29, 1.82) is 0 Å². The van der Waals surface area contributed by atoms with Gasteiger partial charge in [0, 0.05) is 42.7 Å². The lowest BCUT2D eigenvalue weighted by atomic mass is 9.80. The molecule has 1 aliphatic heterocycles. The van der Waals surface area contributed by atoms with E-state index in [0.717, 1.165) is 23.3 Å². The van der Waals surface area contributed by atoms with Crippen LogP contribution >= 0.6 is 24.8 Å². The second kappa shape index (κ2) is 13.4. The molecule has 4 aromatic rings. The van der Waals surface area contributed by atoms with Crippen LogP contribution in [0.25, 0.3) is 5.69 Å². The first-order valence-electron chi connectivity index (χ1n) is 13.2. The molecule has 42 heavy (non-hydrogen) atoms. The number of rotatable bonds is 7. The lowest BCUT2D eigenvalue weighted by molar-refractivity contribution is -0.146. The summed E-state index contributed by atoms with van der Waals surface area (Å²) in [6, 6.07) is 26.1. The van der Waals surface area contributed by atoms with Crippen LogP contribution in [0.2, 0.25) is 0 Å². The highest BCUT2D eigenvalue weighted by Crippen LogP contribution is 2.38. The number of hydrogen-bond acceptors (Lipinski definition) is 6. The second-order valence-electron chi connectivity index (χ2n) is 10.9. The van der Waals surface area contributed by atoms with Crippen molar-refractivity contribution in [3.8, 4) is 11.4 Å². The number of aromatic nitrogens is 4. The number of nitrogens with zero attached hydrogens (tertiary/aromatic N) is 6. The van der Waals surface area contributed by atoms with Crippen molar-refractivity contribution in [2.45, 2.75) is 44.1 Å². The fourth-order valence-corrected chi connectivity index (χ4v) is 5.77. The largest absolute Gasteiger partial charge is 0.496 e. The fourth-order valence-electron chi connectivity index (χ4n) is 5.77. The first-order valence-corrected chi connectivity index (χ1v) is 13.2. The van der Waals surface area contributed by atoms with Gasteiger partial charge in [-0.2, -0.15) is 17.9 Å². The number of alkyl halides is 3. The van der Waals surface area contributed by atoms with E-state index in [4.69, 9.17) is 4.74 Å². The number of tetrazole rings is 1. The average molecular weight is 624 g/mol. The number of halogens is 5. The molecule has 0 bridgehead atoms. The van der Waals surface area contributed by atoms with Crippen molar-refractivity contribution in [1.82, 2.24) is 30.0 Å². The minimum atomic E-state index is -4.68. The van der Waals surface area contributed by atoms with Crippen LogP contribution in [0.15, 0.2) is 78.9 Å². The topological polar surface area (TPSA) is 59.3 Å². The molecule has 0 saturated carbocycles. The summed E-state index contributed by atoms with van der Waals surface area (Å²) in [5.41, 5.74) is 3.29. The van der Waals surface area contributed by atoms with Crippen molar-refractivity contribution in [3.05, 3.63) is 101 Å². The van der Waals surface area contributed by atoms with Gasteiger partial charge in [-0.1, -0.05) is 60.7 Å². The van der Waals surface area contributed by atoms with Gasteiger partial charge in [-0.3, -0.25) is 9.80 Å². The molecule has 5 rings (SSSR count). The second-order valence-corrected chi connectivity index (χ2v) is 10.9. The summed E-state index contributed by atoms with van der Waals surface area (Å²) in [4.78, 5) is 4.81. The van der Waals surface area contributed by atoms with Crippen LogP contribution in [0.1, 0.15) is 42.3 Å². The Morgan fingerprint density at radius 2 is 1.55 bits per heavy atom. The molecule has 0 N–H and O–H groups in total. The van der Waals surface area contributed by atoms with Crippen LogP contribution in [0, 0.1) is 0 Å². The summed E-state index contributed by atoms with van der Waals surface area (Å²) in [5.74, 6) is -0.447. The third-order valence-corrected chi connectivity index (χ3v) is 7.84. The molecular formula is C30H35Cl2F3N6O. The molecule has 0 radical (unpaired) electrons. The maximum Gasteiger partial charge on any atom is 0.453 e. The monoisotopic (exact) mass is 622 g/mol. The maximum atomic E-state index is 13.5. The Morgan fingerprint density at radius 3 is 2.10 bits per heavy atom. The molecule has 1 aromatic heterocycles. The van der Waals surface area contributed by atoms with Gasteiger partial charge >= 0.3 is 6.18 Å². The lowest BCUT2D eigenvalue weighted by Crippen LogP contribution is -2.63. The molecule has 1 fully saturated rings. The molecule has 7 nitrogen and oxygen atoms in total. The lowest BCUT2D eigenvalue weighted by Gasteiger charge is -2.52. The molecule has 0 amide bonds. The zero-order chi connectivity index (χ0) is 28.5. The van der Waals surface area contributed by atoms with E-state index in [0.29, 0.717) is 12.3 Å². The summed E-state index contributed by atoms with van der Waals surface area (Å²) in [7, 11) is 3.74. The fraction of sp³-hybridized carbons (Fsp3) is 0.367. The Morgan fingerprint density at radius 1 is 0.952 bits per heavy atom. The van der Waals surface area contributed by atoms with Crippen LogP contribution in [0.5, 0.6) is 5.75 Å². The van der Waals surface area contributed by atoms with Crippen molar-refractivity contribution < 1.29 is 17.9 Å². The highest BCUT2D eigenvalue weighted by molar-refractivity contribution is 5.85. The van der Waals surface area contributed by atoms with Gasteiger partial charge in [-0.05, 0) is 60.6 Å². The van der Waals surface area contributed by atoms with Crippen molar-refractivity contribution in [2.24, 2.45) is 0 Å². The van der Waals surface area contributed by atoms with E-state index in [1.807, 2.05) is 12.1 Å². The minimum absolute atomic E-state index is 0. The van der Waals surface area contributed by atoms with Crippen LogP contribution in [-0.4, -0.2) is 68.8 Å². The van der Waals surface area contributed by atoms with E-state index in [-0.39, 0.29) is 48.0 Å². The number of methoxy groups -OCH3 is 1. The Hall–Kier alpha value is -3.18. The van der Waals surface area contributed by atoms with Crippen LogP contribution < -0.4 is 4.74 Å². The first kappa shape index (κ1) is 33.3. The van der Waals surface area contributed by atoms with Gasteiger partial charge in [-0.25, -0.2) is 0 Å². The molecule has 0 spiro atoms. The highest BCUT2D eigenvalue weighted by Gasteiger charge is 2.42. The van der Waals surface area contributed by atoms with Gasteiger partial charge in [0.2, 0.25) is 0 Å². The third kappa shape index (κ3) is 6.89. The molecule has 1 atom stereocenters. The summed E-state index contributed by atoms with van der Waals surface area (Å²) >= 11 is 0. The van der Waals surface area contributed by atoms with E-state index < -0.39 is 12.0 Å². The summed E-state index contributed by atoms with van der Waals surface area (Å²) in [6.45, 7) is 6.46. The van der Waals surface area contributed by atoms with Gasteiger partial charge in [0.1, 0.15) is 5.75 Å². The van der Waals surface area contributed by atoms with E-state index >= 15 is 0 Å². The molecule has 1 unspecified atom stereocenters. The number of ether oxygens (including phenoxy) is 1. The molecular weight excluding hydrogens is 588 g/mol. The predicted molar refractivity (Wildman–Crippen MR) is 161 cm³/mol. The predicted octanol–water partition coefficient (Wildman–Crippen LogP) is 6.26. The molecule has 0 aliphatic carbocycles. The number of piperazine rings is 1. The average Bonchev–Trinajstić information content (AvgIpc) is 3.44. The Kier molecular flexibility index (Phi) is 10.6. The summed E-state index contributed by atoms with van der Waals surface area (Å²) in [6.07, 6.45) is -4.68. The smallest absolute Gasteiger partial charge is 0.453 e. The SMILES string of the molecule is COc1ccc(-n2nnnc2C(F)(F)F)cc1CN1CC(C(c2ccccc2)c2ccccc2)N(C)C(C)(C)C1.Cl.Cl. The van der Waals surface area contributed by atoms with E-state index in [1.54, 1.807) is 19.2 Å². The first-order chi connectivity index (χ1) is 19.1. The maximum absolute atomic E-state index is 13.5. The van der Waals surface area contributed by atoms with E-state index in [9.17, 15) is 13.2 Å². The normalized spacial score (nSPS) is 17.4. The number of likely N-dealkylation sites (N-methyl/N-ethyl adjacent to an activating group) is 1. The molecule has 2 heterocycles. The quantitative estimate of drug-likeness (QED) is 0.242. The van der Waals surface area contributed by atoms with Gasteiger partial charge in [0.25, 0.3) is 5.82 Å². The highest BCUT2D eigenvalue weighted by atomic mass is 35.5. The number of benzene rings is 3. The molecule has 3 aromatic carbocycles. The van der Waals surface area contributed by atoms with Crippen LogP contribution in [-0.2, 0) is 12.7 Å². The Balaban J connectivity index is 0.00000242. The standard InChI is InChI=1S/C30H33F3N6O.2ClH/c1-29(2)20-38(18-23-17-24(15-16-26(23)40-4)39-28(30(31,32)33)34-35-36-39)19-25(37(29)3)27(21-11-7-5-8-12-21)22-13-9-6-10-14-22;;/h5-17,25,27H,18-20H2,1-4H3;2*1H. The van der Waals surface area contributed by atoms with Crippen molar-refractivity contribution in [2.75, 3.05) is 27.2 Å². The number of hydrogen-bond donors (Lipinski definition) is 0. The van der Waals surface area contributed by atoms with E-state index in [2.05, 4.69) is 94.8 Å². The zero-order valence-corrected chi connectivity index (χ0v) is 25.5. The molecule has 1 aliphatic rings. The van der Waals surface area contributed by atoms with Crippen molar-refractivity contribution in [3.63, 3.8) is 0 Å². The summed E-state index contributed by atoms with van der Waals surface area (Å²) in [5, 5.41) is 10.1. The van der Waals surface area contributed by atoms with Gasteiger partial charge in [0.05, 0.1) is 12.8 Å². The van der Waals surface area contributed by atoms with Crippen LogP contribution in [0.3, 0.4) is 0 Å². The third-order valence-electron chi connectivity index (χ3n) is 7.84. The minimum Gasteiger partial charge on any atom is -0.496 e. The Labute approximate surface area is 256 Å². The van der Waals surface area contributed by atoms with Gasteiger partial charge < -0.3 is 4.74 Å². The van der Waals surface area contributed by atoms with Gasteiger partial charge in [0.15, 0.2) is 0 Å². The van der Waals surface area contributed by atoms with Gasteiger partial charge in [-0.15, -0.1) is 29.9 Å².